The van der Waals surface area contributed by atoms with E-state index in [9.17, 15) is 9.90 Å². The van der Waals surface area contributed by atoms with E-state index in [0.29, 0.717) is 18.4 Å². The van der Waals surface area contributed by atoms with Crippen LogP contribution in [0.1, 0.15) is 59.3 Å². The fourth-order valence-electron chi connectivity index (χ4n) is 2.57. The van der Waals surface area contributed by atoms with Gasteiger partial charge in [-0.25, -0.2) is 0 Å². The van der Waals surface area contributed by atoms with Gasteiger partial charge in [0.15, 0.2) is 0 Å². The predicted octanol–water partition coefficient (Wildman–Crippen LogP) is 2.80. The van der Waals surface area contributed by atoms with Crippen molar-refractivity contribution in [2.45, 2.75) is 70.9 Å². The Morgan fingerprint density at radius 3 is 2.44 bits per heavy atom. The molecule has 2 N–H and O–H groups in total. The molecule has 94 valence electrons. The molecule has 0 bridgehead atoms. The first-order valence-corrected chi connectivity index (χ1v) is 6.50. The molecule has 0 spiro atoms. The van der Waals surface area contributed by atoms with Gasteiger partial charge in [0.25, 0.3) is 0 Å². The molecule has 0 saturated heterocycles. The number of nitrogens with one attached hydrogen (secondary N) is 1. The summed E-state index contributed by atoms with van der Waals surface area (Å²) in [5.41, 5.74) is -0.767. The summed E-state index contributed by atoms with van der Waals surface area (Å²) in [6.45, 7) is 5.84. The summed E-state index contributed by atoms with van der Waals surface area (Å²) >= 11 is 0. The molecule has 3 nitrogen and oxygen atoms in total. The maximum absolute atomic E-state index is 11.2. The second kappa shape index (κ2) is 5.67. The van der Waals surface area contributed by atoms with Gasteiger partial charge in [-0.1, -0.05) is 26.2 Å². The molecule has 1 fully saturated rings. The molecular weight excluding hydrogens is 202 g/mol. The van der Waals surface area contributed by atoms with Gasteiger partial charge in [-0.15, -0.1) is 0 Å². The summed E-state index contributed by atoms with van der Waals surface area (Å²) < 4.78 is 0. The van der Waals surface area contributed by atoms with Gasteiger partial charge in [0.1, 0.15) is 5.54 Å². The first kappa shape index (κ1) is 13.5. The number of aliphatic carboxylic acids is 1. The predicted molar refractivity (Wildman–Crippen MR) is 65.5 cm³/mol. The number of carbonyl (C=O) groups is 1. The Morgan fingerprint density at radius 1 is 1.44 bits per heavy atom. The number of hydrogen-bond acceptors (Lipinski definition) is 2. The minimum absolute atomic E-state index is 0.307. The highest BCUT2D eigenvalue weighted by atomic mass is 16.4. The molecule has 0 amide bonds. The van der Waals surface area contributed by atoms with E-state index < -0.39 is 11.5 Å². The van der Waals surface area contributed by atoms with Gasteiger partial charge < -0.3 is 5.11 Å². The number of rotatable bonds is 5. The van der Waals surface area contributed by atoms with Crippen molar-refractivity contribution in [2.75, 3.05) is 0 Å². The van der Waals surface area contributed by atoms with E-state index >= 15 is 0 Å². The van der Waals surface area contributed by atoms with Crippen LogP contribution in [-0.4, -0.2) is 22.7 Å². The highest BCUT2D eigenvalue weighted by molar-refractivity contribution is 5.78. The molecule has 0 aliphatic heterocycles. The molecule has 0 aromatic carbocycles. The zero-order chi connectivity index (χ0) is 12.2. The number of carboxylic acid groups (broad SMARTS) is 1. The topological polar surface area (TPSA) is 49.3 Å². The van der Waals surface area contributed by atoms with Crippen molar-refractivity contribution in [3.05, 3.63) is 0 Å². The molecule has 16 heavy (non-hydrogen) atoms. The normalized spacial score (nSPS) is 23.7. The van der Waals surface area contributed by atoms with Crippen LogP contribution < -0.4 is 5.32 Å². The largest absolute Gasteiger partial charge is 0.480 e. The summed E-state index contributed by atoms with van der Waals surface area (Å²) in [4.78, 5) is 11.2. The molecule has 1 saturated carbocycles. The lowest BCUT2D eigenvalue weighted by Crippen LogP contribution is -2.54. The first-order valence-electron chi connectivity index (χ1n) is 6.50. The smallest absolute Gasteiger partial charge is 0.323 e. The van der Waals surface area contributed by atoms with E-state index in [4.69, 9.17) is 0 Å². The SMILES string of the molecule is CCC(C)(NC(C)C1CCCCC1)C(=O)O. The van der Waals surface area contributed by atoms with Gasteiger partial charge >= 0.3 is 5.97 Å². The highest BCUT2D eigenvalue weighted by Crippen LogP contribution is 2.27. The third-order valence-electron chi connectivity index (χ3n) is 4.08. The quantitative estimate of drug-likeness (QED) is 0.759. The van der Waals surface area contributed by atoms with Crippen LogP contribution in [-0.2, 0) is 4.79 Å². The third kappa shape index (κ3) is 3.21. The van der Waals surface area contributed by atoms with Crippen molar-refractivity contribution in [1.82, 2.24) is 5.32 Å². The molecule has 1 aliphatic carbocycles. The standard InChI is InChI=1S/C13H25NO2/c1-4-13(3,12(15)16)14-10(2)11-8-6-5-7-9-11/h10-11,14H,4-9H2,1-3H3,(H,15,16). The van der Waals surface area contributed by atoms with Crippen LogP contribution in [0.5, 0.6) is 0 Å². The van der Waals surface area contributed by atoms with Crippen molar-refractivity contribution >= 4 is 5.97 Å². The summed E-state index contributed by atoms with van der Waals surface area (Å²) in [5, 5.41) is 12.5. The monoisotopic (exact) mass is 227 g/mol. The van der Waals surface area contributed by atoms with Crippen LogP contribution in [0.4, 0.5) is 0 Å². The number of carboxylic acids is 1. The molecule has 2 atom stereocenters. The summed E-state index contributed by atoms with van der Waals surface area (Å²) in [6, 6.07) is 0.307. The van der Waals surface area contributed by atoms with Crippen molar-refractivity contribution in [3.63, 3.8) is 0 Å². The highest BCUT2D eigenvalue weighted by Gasteiger charge is 2.34. The van der Waals surface area contributed by atoms with E-state index in [1.54, 1.807) is 6.92 Å². The van der Waals surface area contributed by atoms with E-state index in [0.717, 1.165) is 0 Å². The second-order valence-electron chi connectivity index (χ2n) is 5.32. The summed E-state index contributed by atoms with van der Waals surface area (Å²) in [6.07, 6.45) is 7.05. The molecular formula is C13H25NO2. The Balaban J connectivity index is 2.53. The van der Waals surface area contributed by atoms with Crippen LogP contribution >= 0.6 is 0 Å². The minimum atomic E-state index is -0.767. The fourth-order valence-corrected chi connectivity index (χ4v) is 2.57. The molecule has 0 heterocycles. The maximum Gasteiger partial charge on any atom is 0.323 e. The van der Waals surface area contributed by atoms with Gasteiger partial charge in [0, 0.05) is 6.04 Å². The zero-order valence-corrected chi connectivity index (χ0v) is 10.8. The Kier molecular flexibility index (Phi) is 4.78. The summed E-state index contributed by atoms with van der Waals surface area (Å²) in [7, 11) is 0. The van der Waals surface area contributed by atoms with E-state index in [1.165, 1.54) is 32.1 Å². The molecule has 0 radical (unpaired) electrons. The van der Waals surface area contributed by atoms with E-state index in [-0.39, 0.29) is 0 Å². The van der Waals surface area contributed by atoms with Gasteiger partial charge in [0.05, 0.1) is 0 Å². The van der Waals surface area contributed by atoms with Crippen molar-refractivity contribution in [2.24, 2.45) is 5.92 Å². The third-order valence-corrected chi connectivity index (χ3v) is 4.08. The Bertz CT molecular complexity index is 236. The Hall–Kier alpha value is -0.570. The van der Waals surface area contributed by atoms with Crippen molar-refractivity contribution < 1.29 is 9.90 Å². The average Bonchev–Trinajstić information content (AvgIpc) is 2.29. The molecule has 0 aromatic heterocycles. The zero-order valence-electron chi connectivity index (χ0n) is 10.8. The Labute approximate surface area is 98.6 Å². The maximum atomic E-state index is 11.2. The molecule has 1 aliphatic rings. The van der Waals surface area contributed by atoms with Gasteiger partial charge in [-0.2, -0.15) is 0 Å². The van der Waals surface area contributed by atoms with Gasteiger partial charge in [-0.3, -0.25) is 10.1 Å². The lowest BCUT2D eigenvalue weighted by molar-refractivity contribution is -0.144. The lowest BCUT2D eigenvalue weighted by Gasteiger charge is -2.35. The first-order chi connectivity index (χ1) is 7.49. The Morgan fingerprint density at radius 2 is 2.00 bits per heavy atom. The minimum Gasteiger partial charge on any atom is -0.480 e. The van der Waals surface area contributed by atoms with Crippen LogP contribution in [0.25, 0.3) is 0 Å². The van der Waals surface area contributed by atoms with Crippen molar-refractivity contribution in [3.8, 4) is 0 Å². The van der Waals surface area contributed by atoms with Crippen LogP contribution in [0.15, 0.2) is 0 Å². The van der Waals surface area contributed by atoms with Crippen molar-refractivity contribution in [1.29, 1.82) is 0 Å². The lowest BCUT2D eigenvalue weighted by atomic mass is 9.83. The average molecular weight is 227 g/mol. The number of hydrogen-bond donors (Lipinski definition) is 2. The van der Waals surface area contributed by atoms with Crippen LogP contribution in [0, 0.1) is 5.92 Å². The summed E-state index contributed by atoms with van der Waals surface area (Å²) in [5.74, 6) is -0.0864. The van der Waals surface area contributed by atoms with Crippen LogP contribution in [0.3, 0.4) is 0 Å². The molecule has 1 rings (SSSR count). The molecule has 0 aromatic rings. The van der Waals surface area contributed by atoms with E-state index in [1.807, 2.05) is 6.92 Å². The molecule has 2 unspecified atom stereocenters. The van der Waals surface area contributed by atoms with Crippen LogP contribution in [0.2, 0.25) is 0 Å². The van der Waals surface area contributed by atoms with E-state index in [2.05, 4.69) is 12.2 Å². The van der Waals surface area contributed by atoms with Gasteiger partial charge in [-0.05, 0) is 39.0 Å². The fraction of sp³-hybridized carbons (Fsp3) is 0.923. The van der Waals surface area contributed by atoms with Gasteiger partial charge in [0.2, 0.25) is 0 Å². The molecule has 3 heteroatoms. The second-order valence-corrected chi connectivity index (χ2v) is 5.32.